The molecule has 0 unspecified atom stereocenters. The molecule has 5 nitrogen and oxygen atoms in total. The number of carbonyl (C=O) groups is 1. The monoisotopic (exact) mass is 374 g/mol. The highest BCUT2D eigenvalue weighted by atomic mass is 32.1. The van der Waals surface area contributed by atoms with Crippen LogP contribution in [0.5, 0.6) is 0 Å². The van der Waals surface area contributed by atoms with Crippen LogP contribution in [0.1, 0.15) is 10.4 Å². The SMILES string of the molecule is CN(C)c1cccc(C(=O)Nc2cccc(-c3nc4cnccc4s3)c2)c1. The molecule has 0 aliphatic rings. The Morgan fingerprint density at radius 2 is 1.93 bits per heavy atom. The number of rotatable bonds is 4. The number of hydrogen-bond donors (Lipinski definition) is 1. The predicted molar refractivity (Wildman–Crippen MR) is 112 cm³/mol. The maximum absolute atomic E-state index is 12.6. The van der Waals surface area contributed by atoms with Gasteiger partial charge in [0, 0.05) is 42.8 Å². The summed E-state index contributed by atoms with van der Waals surface area (Å²) in [5, 5.41) is 3.88. The molecule has 0 aliphatic carbocycles. The molecule has 4 aromatic rings. The van der Waals surface area contributed by atoms with Crippen molar-refractivity contribution in [2.24, 2.45) is 0 Å². The number of nitrogens with zero attached hydrogens (tertiary/aromatic N) is 3. The summed E-state index contributed by atoms with van der Waals surface area (Å²) in [4.78, 5) is 23.3. The first kappa shape index (κ1) is 17.2. The fraction of sp³-hybridized carbons (Fsp3) is 0.0952. The van der Waals surface area contributed by atoms with Gasteiger partial charge < -0.3 is 10.2 Å². The van der Waals surface area contributed by atoms with E-state index in [0.717, 1.165) is 32.2 Å². The Labute approximate surface area is 161 Å². The number of carbonyl (C=O) groups excluding carboxylic acids is 1. The van der Waals surface area contributed by atoms with Crippen LogP contribution in [0, 0.1) is 0 Å². The molecule has 2 heterocycles. The van der Waals surface area contributed by atoms with E-state index in [-0.39, 0.29) is 5.91 Å². The molecular weight excluding hydrogens is 356 g/mol. The molecule has 4 rings (SSSR count). The Morgan fingerprint density at radius 1 is 1.07 bits per heavy atom. The van der Waals surface area contributed by atoms with Crippen molar-refractivity contribution in [1.29, 1.82) is 0 Å². The van der Waals surface area contributed by atoms with E-state index < -0.39 is 0 Å². The minimum atomic E-state index is -0.135. The van der Waals surface area contributed by atoms with Gasteiger partial charge in [0.2, 0.25) is 0 Å². The largest absolute Gasteiger partial charge is 0.378 e. The molecule has 2 aromatic heterocycles. The van der Waals surface area contributed by atoms with Gasteiger partial charge in [0.15, 0.2) is 0 Å². The summed E-state index contributed by atoms with van der Waals surface area (Å²) in [6.45, 7) is 0. The van der Waals surface area contributed by atoms with Crippen LogP contribution in [0.4, 0.5) is 11.4 Å². The van der Waals surface area contributed by atoms with Crippen LogP contribution in [-0.2, 0) is 0 Å². The van der Waals surface area contributed by atoms with Crippen LogP contribution in [-0.4, -0.2) is 30.0 Å². The molecule has 0 radical (unpaired) electrons. The van der Waals surface area contributed by atoms with Crippen LogP contribution in [0.3, 0.4) is 0 Å². The van der Waals surface area contributed by atoms with E-state index in [1.165, 1.54) is 0 Å². The third-order valence-corrected chi connectivity index (χ3v) is 5.27. The van der Waals surface area contributed by atoms with Gasteiger partial charge in [-0.1, -0.05) is 18.2 Å². The van der Waals surface area contributed by atoms with E-state index in [4.69, 9.17) is 0 Å². The molecule has 27 heavy (non-hydrogen) atoms. The number of thiazole rings is 1. The summed E-state index contributed by atoms with van der Waals surface area (Å²) in [7, 11) is 3.90. The number of anilines is 2. The molecule has 134 valence electrons. The summed E-state index contributed by atoms with van der Waals surface area (Å²) in [5.74, 6) is -0.135. The second-order valence-corrected chi connectivity index (χ2v) is 7.37. The van der Waals surface area contributed by atoms with E-state index in [1.54, 1.807) is 23.7 Å². The number of hydrogen-bond acceptors (Lipinski definition) is 5. The van der Waals surface area contributed by atoms with Crippen molar-refractivity contribution in [3.05, 3.63) is 72.6 Å². The summed E-state index contributed by atoms with van der Waals surface area (Å²) >= 11 is 1.61. The van der Waals surface area contributed by atoms with Crippen molar-refractivity contribution in [2.45, 2.75) is 0 Å². The molecule has 0 aliphatic heterocycles. The topological polar surface area (TPSA) is 58.1 Å². The molecule has 0 saturated heterocycles. The number of amides is 1. The van der Waals surface area contributed by atoms with E-state index in [9.17, 15) is 4.79 Å². The number of pyridine rings is 1. The van der Waals surface area contributed by atoms with Crippen molar-refractivity contribution in [3.63, 3.8) is 0 Å². The first-order chi connectivity index (χ1) is 13.1. The Morgan fingerprint density at radius 3 is 2.74 bits per heavy atom. The molecule has 1 amide bonds. The zero-order valence-electron chi connectivity index (χ0n) is 15.0. The van der Waals surface area contributed by atoms with Gasteiger partial charge in [-0.15, -0.1) is 11.3 Å². The van der Waals surface area contributed by atoms with Crippen molar-refractivity contribution in [2.75, 3.05) is 24.3 Å². The normalized spacial score (nSPS) is 10.7. The highest BCUT2D eigenvalue weighted by Gasteiger charge is 2.10. The van der Waals surface area contributed by atoms with E-state index in [1.807, 2.05) is 73.6 Å². The van der Waals surface area contributed by atoms with Gasteiger partial charge in [0.05, 0.1) is 10.9 Å². The maximum atomic E-state index is 12.6. The van der Waals surface area contributed by atoms with Gasteiger partial charge in [-0.2, -0.15) is 0 Å². The highest BCUT2D eigenvalue weighted by molar-refractivity contribution is 7.21. The first-order valence-electron chi connectivity index (χ1n) is 8.50. The summed E-state index contributed by atoms with van der Waals surface area (Å²) in [6.07, 6.45) is 3.53. The lowest BCUT2D eigenvalue weighted by Gasteiger charge is -2.13. The Hall–Kier alpha value is -3.25. The lowest BCUT2D eigenvalue weighted by Crippen LogP contribution is -2.14. The van der Waals surface area contributed by atoms with E-state index in [0.29, 0.717) is 5.56 Å². The summed E-state index contributed by atoms with van der Waals surface area (Å²) in [6, 6.07) is 17.2. The van der Waals surface area contributed by atoms with Crippen LogP contribution >= 0.6 is 11.3 Å². The summed E-state index contributed by atoms with van der Waals surface area (Å²) < 4.78 is 1.09. The minimum Gasteiger partial charge on any atom is -0.378 e. The number of benzene rings is 2. The molecule has 2 aromatic carbocycles. The predicted octanol–water partition coefficient (Wildman–Crippen LogP) is 4.68. The molecule has 6 heteroatoms. The average molecular weight is 374 g/mol. The lowest BCUT2D eigenvalue weighted by atomic mass is 10.1. The molecular formula is C21H18N4OS. The second-order valence-electron chi connectivity index (χ2n) is 6.34. The highest BCUT2D eigenvalue weighted by Crippen LogP contribution is 2.31. The van der Waals surface area contributed by atoms with E-state index in [2.05, 4.69) is 15.3 Å². The third kappa shape index (κ3) is 3.66. The molecule has 0 spiro atoms. The van der Waals surface area contributed by atoms with Crippen LogP contribution in [0.15, 0.2) is 67.0 Å². The standard InChI is InChI=1S/C21H18N4OS/c1-25(2)17-8-4-5-14(12-17)20(26)23-16-7-3-6-15(11-16)21-24-18-13-22-10-9-19(18)27-21/h3-13H,1-2H3,(H,23,26). The van der Waals surface area contributed by atoms with Gasteiger partial charge in [0.25, 0.3) is 5.91 Å². The van der Waals surface area contributed by atoms with Gasteiger partial charge >= 0.3 is 0 Å². The zero-order valence-corrected chi connectivity index (χ0v) is 15.8. The molecule has 0 bridgehead atoms. The fourth-order valence-corrected chi connectivity index (χ4v) is 3.69. The average Bonchev–Trinajstić information content (AvgIpc) is 3.12. The molecule has 0 fully saturated rings. The van der Waals surface area contributed by atoms with Crippen LogP contribution < -0.4 is 10.2 Å². The van der Waals surface area contributed by atoms with E-state index >= 15 is 0 Å². The first-order valence-corrected chi connectivity index (χ1v) is 9.31. The Bertz CT molecular complexity index is 1090. The Kier molecular flexibility index (Phi) is 4.56. The molecule has 0 atom stereocenters. The molecule has 1 N–H and O–H groups in total. The van der Waals surface area contributed by atoms with Crippen molar-refractivity contribution >= 4 is 38.8 Å². The van der Waals surface area contributed by atoms with Gasteiger partial charge in [0.1, 0.15) is 10.5 Å². The lowest BCUT2D eigenvalue weighted by molar-refractivity contribution is 0.102. The van der Waals surface area contributed by atoms with Gasteiger partial charge in [-0.3, -0.25) is 9.78 Å². The van der Waals surface area contributed by atoms with Crippen molar-refractivity contribution < 1.29 is 4.79 Å². The number of aromatic nitrogens is 2. The molecule has 0 saturated carbocycles. The second kappa shape index (κ2) is 7.17. The quantitative estimate of drug-likeness (QED) is 0.564. The Balaban J connectivity index is 1.59. The number of nitrogens with one attached hydrogen (secondary N) is 1. The van der Waals surface area contributed by atoms with Crippen LogP contribution in [0.2, 0.25) is 0 Å². The van der Waals surface area contributed by atoms with Crippen LogP contribution in [0.25, 0.3) is 20.8 Å². The third-order valence-electron chi connectivity index (χ3n) is 4.18. The number of fused-ring (bicyclic) bond motifs is 1. The smallest absolute Gasteiger partial charge is 0.255 e. The van der Waals surface area contributed by atoms with Gasteiger partial charge in [-0.25, -0.2) is 4.98 Å². The maximum Gasteiger partial charge on any atom is 0.255 e. The fourth-order valence-electron chi connectivity index (χ4n) is 2.76. The summed E-state index contributed by atoms with van der Waals surface area (Å²) in [5.41, 5.74) is 4.20. The van der Waals surface area contributed by atoms with Crippen molar-refractivity contribution in [1.82, 2.24) is 9.97 Å². The zero-order chi connectivity index (χ0) is 18.8. The van der Waals surface area contributed by atoms with Crippen molar-refractivity contribution in [3.8, 4) is 10.6 Å². The minimum absolute atomic E-state index is 0.135. The van der Waals surface area contributed by atoms with Gasteiger partial charge in [-0.05, 0) is 36.4 Å².